The molecule has 4 N–H and O–H groups in total. The number of aliphatic carboxylic acids is 1. The molecule has 1 unspecified atom stereocenters. The Morgan fingerprint density at radius 2 is 1.69 bits per heavy atom. The number of nitro benzene ring substituents is 1. The molecular weight excluding hydrogens is 745 g/mol. The number of likely N-dealkylation sites (tertiary alicyclic amines) is 1. The largest absolute Gasteiger partial charge is 0.488 e. The van der Waals surface area contributed by atoms with Crippen LogP contribution in [0, 0.1) is 41.2 Å². The van der Waals surface area contributed by atoms with Gasteiger partial charge in [-0.3, -0.25) is 25.1 Å². The number of benzene rings is 4. The molecule has 0 aliphatic carbocycles. The zero-order valence-electron chi connectivity index (χ0n) is 32.6. The lowest BCUT2D eigenvalue weighted by molar-refractivity contribution is -0.386. The number of aliphatic hydroxyl groups is 2. The third kappa shape index (κ3) is 9.85. The summed E-state index contributed by atoms with van der Waals surface area (Å²) in [5, 5.41) is 57.8. The van der Waals surface area contributed by atoms with Gasteiger partial charge in [-0.2, -0.15) is 10.2 Å². The van der Waals surface area contributed by atoms with Crippen LogP contribution in [-0.2, 0) is 31.1 Å². The third-order valence-corrected chi connectivity index (χ3v) is 10.5. The van der Waals surface area contributed by atoms with E-state index in [2.05, 4.69) is 21.4 Å². The van der Waals surface area contributed by atoms with Crippen LogP contribution in [0.15, 0.2) is 77.3 Å². The van der Waals surface area contributed by atoms with Gasteiger partial charge in [0.2, 0.25) is 5.75 Å². The van der Waals surface area contributed by atoms with Crippen molar-refractivity contribution in [2.75, 3.05) is 19.7 Å². The van der Waals surface area contributed by atoms with Crippen LogP contribution in [0.3, 0.4) is 0 Å². The number of nitriles is 1. The van der Waals surface area contributed by atoms with Gasteiger partial charge < -0.3 is 29.3 Å². The average molecular weight is 791 g/mol. The summed E-state index contributed by atoms with van der Waals surface area (Å²) in [6.07, 6.45) is 0.622. The highest BCUT2D eigenvalue weighted by Gasteiger charge is 2.26. The average Bonchev–Trinajstić information content (AvgIpc) is 3.68. The van der Waals surface area contributed by atoms with E-state index in [-0.39, 0.29) is 49.1 Å². The van der Waals surface area contributed by atoms with Crippen LogP contribution in [0.2, 0.25) is 0 Å². The molecule has 4 aromatic carbocycles. The van der Waals surface area contributed by atoms with E-state index in [4.69, 9.17) is 19.0 Å². The van der Waals surface area contributed by atoms with Crippen LogP contribution in [0.1, 0.15) is 59.0 Å². The van der Waals surface area contributed by atoms with E-state index in [1.165, 1.54) is 19.1 Å². The van der Waals surface area contributed by atoms with Crippen molar-refractivity contribution < 1.29 is 39.0 Å². The van der Waals surface area contributed by atoms with Crippen LogP contribution in [0.4, 0.5) is 5.69 Å². The highest BCUT2D eigenvalue weighted by atomic mass is 16.6. The van der Waals surface area contributed by atoms with Crippen molar-refractivity contribution in [2.45, 2.75) is 72.1 Å². The van der Waals surface area contributed by atoms with Gasteiger partial charge in [0.25, 0.3) is 5.89 Å². The number of hydrogen-bond donors (Lipinski definition) is 4. The number of nitrogens with one attached hydrogen (secondary N) is 1. The molecule has 0 radical (unpaired) electrons. The van der Waals surface area contributed by atoms with Crippen LogP contribution < -0.4 is 14.8 Å². The number of carboxylic acid groups (broad SMARTS) is 1. The second-order valence-electron chi connectivity index (χ2n) is 14.5. The molecule has 5 aromatic rings. The van der Waals surface area contributed by atoms with Gasteiger partial charge in [-0.1, -0.05) is 47.6 Å². The predicted molar refractivity (Wildman–Crippen MR) is 213 cm³/mol. The maximum absolute atomic E-state index is 12.4. The number of hydrogen-bond acceptors (Lipinski definition) is 13. The van der Waals surface area contributed by atoms with E-state index < -0.39 is 23.0 Å². The monoisotopic (exact) mass is 790 g/mol. The van der Waals surface area contributed by atoms with Gasteiger partial charge in [0.1, 0.15) is 25.0 Å². The fourth-order valence-corrected chi connectivity index (χ4v) is 7.10. The van der Waals surface area contributed by atoms with Crippen molar-refractivity contribution in [1.29, 1.82) is 5.26 Å². The molecule has 1 fully saturated rings. The zero-order chi connectivity index (χ0) is 41.3. The van der Waals surface area contributed by atoms with Crippen molar-refractivity contribution in [3.8, 4) is 40.1 Å². The Morgan fingerprint density at radius 1 is 1.00 bits per heavy atom. The molecule has 1 aliphatic rings. The number of nitro groups is 1. The van der Waals surface area contributed by atoms with E-state index in [0.29, 0.717) is 35.3 Å². The molecule has 302 valence electrons. The summed E-state index contributed by atoms with van der Waals surface area (Å²) < 4.78 is 18.0. The number of nitrogens with zero attached hydrogens (tertiary/aromatic N) is 5. The normalized spacial score (nSPS) is 14.4. The van der Waals surface area contributed by atoms with Crippen LogP contribution in [0.25, 0.3) is 22.6 Å². The molecule has 2 atom stereocenters. The first kappa shape index (κ1) is 41.5. The lowest BCUT2D eigenvalue weighted by Crippen LogP contribution is -2.44. The molecule has 15 heteroatoms. The lowest BCUT2D eigenvalue weighted by Gasteiger charge is -2.29. The SMILES string of the molecule is Cc1c(COc2cc(OCc3cccc(C#N)c3)c(CN[C@H](C(=O)O)C(C)O)cc2[N+](=O)[O-])cccc1-c1cccc(-c2nc(CN3CCC(CO)CC3)no2)c1C. The van der Waals surface area contributed by atoms with E-state index >= 15 is 0 Å². The maximum Gasteiger partial charge on any atom is 0.323 e. The van der Waals surface area contributed by atoms with E-state index in [1.807, 2.05) is 50.2 Å². The Balaban J connectivity index is 1.24. The maximum atomic E-state index is 12.4. The molecule has 1 aromatic heterocycles. The van der Waals surface area contributed by atoms with Gasteiger partial charge in [0, 0.05) is 36.4 Å². The summed E-state index contributed by atoms with van der Waals surface area (Å²) in [6.45, 7) is 7.61. The summed E-state index contributed by atoms with van der Waals surface area (Å²) in [7, 11) is 0. The molecule has 0 saturated carbocycles. The topological polar surface area (TPSA) is 217 Å². The molecule has 15 nitrogen and oxygen atoms in total. The van der Waals surface area contributed by atoms with Gasteiger partial charge in [0.05, 0.1) is 29.2 Å². The van der Waals surface area contributed by atoms with Crippen molar-refractivity contribution in [3.63, 3.8) is 0 Å². The number of aromatic nitrogens is 2. The lowest BCUT2D eigenvalue weighted by atomic mass is 9.91. The molecule has 58 heavy (non-hydrogen) atoms. The highest BCUT2D eigenvalue weighted by molar-refractivity contribution is 5.78. The number of ether oxygens (including phenoxy) is 2. The summed E-state index contributed by atoms with van der Waals surface area (Å²) in [5.74, 6) is 0.202. The predicted octanol–water partition coefficient (Wildman–Crippen LogP) is 6.09. The van der Waals surface area contributed by atoms with Crippen molar-refractivity contribution in [1.82, 2.24) is 20.4 Å². The summed E-state index contributed by atoms with van der Waals surface area (Å²) in [4.78, 5) is 30.6. The van der Waals surface area contributed by atoms with Gasteiger partial charge in [-0.25, -0.2) is 0 Å². The van der Waals surface area contributed by atoms with Crippen molar-refractivity contribution in [2.24, 2.45) is 5.92 Å². The Morgan fingerprint density at radius 3 is 2.38 bits per heavy atom. The van der Waals surface area contributed by atoms with Crippen molar-refractivity contribution in [3.05, 3.63) is 122 Å². The first-order chi connectivity index (χ1) is 27.9. The molecule has 6 rings (SSSR count). The van der Waals surface area contributed by atoms with Crippen LogP contribution >= 0.6 is 0 Å². The summed E-state index contributed by atoms with van der Waals surface area (Å²) in [5.41, 5.74) is 6.31. The first-order valence-corrected chi connectivity index (χ1v) is 19.0. The minimum Gasteiger partial charge on any atom is -0.488 e. The highest BCUT2D eigenvalue weighted by Crippen LogP contribution is 2.38. The van der Waals surface area contributed by atoms with Crippen LogP contribution in [0.5, 0.6) is 11.5 Å². The van der Waals surface area contributed by atoms with Crippen molar-refractivity contribution >= 4 is 11.7 Å². The summed E-state index contributed by atoms with van der Waals surface area (Å²) >= 11 is 0. The molecule has 0 spiro atoms. The summed E-state index contributed by atoms with van der Waals surface area (Å²) in [6, 6.07) is 21.9. The number of carbonyl (C=O) groups is 1. The third-order valence-electron chi connectivity index (χ3n) is 10.5. The van der Waals surface area contributed by atoms with Gasteiger partial charge in [0.15, 0.2) is 5.82 Å². The molecule has 1 saturated heterocycles. The Hall–Kier alpha value is -6.18. The van der Waals surface area contributed by atoms with Gasteiger partial charge >= 0.3 is 11.7 Å². The smallest absolute Gasteiger partial charge is 0.323 e. The fourth-order valence-electron chi connectivity index (χ4n) is 7.10. The Bertz CT molecular complexity index is 2290. The van der Waals surface area contributed by atoms with Crippen LogP contribution in [-0.4, -0.2) is 73.1 Å². The van der Waals surface area contributed by atoms with Gasteiger partial charge in [-0.15, -0.1) is 0 Å². The minimum absolute atomic E-state index is 0.00719. The number of piperidine rings is 1. The number of carboxylic acids is 1. The quantitative estimate of drug-likeness (QED) is 0.0620. The molecule has 1 aliphatic heterocycles. The molecule has 2 heterocycles. The van der Waals surface area contributed by atoms with Gasteiger partial charge in [-0.05, 0) is 104 Å². The fraction of sp³-hybridized carbons (Fsp3) is 0.349. The molecule has 0 bridgehead atoms. The molecular formula is C43H46N6O9. The minimum atomic E-state index is -1.34. The Labute approximate surface area is 335 Å². The standard InChI is InChI=1S/C43H46N6O9/c1-26-32(9-5-10-34(26)35-11-6-12-36(27(35)2)42-46-40(47-58-42)22-48-15-13-29(23-50)14-16-48)25-57-39-19-38(56-24-31-8-4-7-30(17-31)20-44)33(18-37(39)49(54)55)21-45-41(28(3)51)43(52)53/h4-12,17-19,28-29,41,45,50-51H,13-16,21-25H2,1-3H3,(H,52,53)/t28?,41-/m0/s1. The molecule has 0 amide bonds. The van der Waals surface area contributed by atoms with E-state index in [0.717, 1.165) is 59.3 Å². The van der Waals surface area contributed by atoms with E-state index in [9.17, 15) is 35.5 Å². The number of rotatable bonds is 17. The second-order valence-corrected chi connectivity index (χ2v) is 14.5. The zero-order valence-corrected chi connectivity index (χ0v) is 32.6. The Kier molecular flexibility index (Phi) is 13.5. The number of aliphatic hydroxyl groups excluding tert-OH is 2. The van der Waals surface area contributed by atoms with E-state index in [1.54, 1.807) is 24.3 Å². The first-order valence-electron chi connectivity index (χ1n) is 19.0. The second kappa shape index (κ2) is 18.8.